The number of aromatic amines is 1. The van der Waals surface area contributed by atoms with Crippen LogP contribution >= 0.6 is 11.3 Å². The van der Waals surface area contributed by atoms with E-state index in [0.717, 1.165) is 41.5 Å². The van der Waals surface area contributed by atoms with Crippen molar-refractivity contribution in [3.05, 3.63) is 40.5 Å². The van der Waals surface area contributed by atoms with Gasteiger partial charge in [0, 0.05) is 43.2 Å². The summed E-state index contributed by atoms with van der Waals surface area (Å²) in [6, 6.07) is 1.89. The first-order valence-corrected chi connectivity index (χ1v) is 9.24. The lowest BCUT2D eigenvalue weighted by Gasteiger charge is -2.31. The maximum absolute atomic E-state index is 12.9. The molecular weight excluding hydrogens is 336 g/mol. The smallest absolute Gasteiger partial charge is 0.270 e. The van der Waals surface area contributed by atoms with Crippen LogP contribution in [0.2, 0.25) is 0 Å². The summed E-state index contributed by atoms with van der Waals surface area (Å²) >= 11 is 1.61. The second kappa shape index (κ2) is 6.44. The van der Waals surface area contributed by atoms with E-state index in [1.165, 1.54) is 0 Å². The molecule has 3 aromatic rings. The second-order valence-corrected chi connectivity index (χ2v) is 7.51. The standard InChI is InChI=1S/C17H20N6OS/c1-11-20-15(9-25-11)13-6-14(18-7-13)17(24)23-5-3-4-12(8-23)16-21-19-10-22(16)2/h6-7,9-10,12,18H,3-5,8H2,1-2H3. The Morgan fingerprint density at radius 2 is 2.32 bits per heavy atom. The average Bonchev–Trinajstić information content (AvgIpc) is 3.34. The highest BCUT2D eigenvalue weighted by Gasteiger charge is 2.28. The van der Waals surface area contributed by atoms with Gasteiger partial charge in [0.15, 0.2) is 0 Å². The molecule has 4 rings (SSSR count). The molecule has 1 unspecified atom stereocenters. The van der Waals surface area contributed by atoms with Gasteiger partial charge >= 0.3 is 0 Å². The molecule has 1 amide bonds. The second-order valence-electron chi connectivity index (χ2n) is 6.44. The van der Waals surface area contributed by atoms with Crippen LogP contribution in [0.15, 0.2) is 24.0 Å². The Kier molecular flexibility index (Phi) is 4.12. The molecule has 3 aromatic heterocycles. The van der Waals surface area contributed by atoms with Crippen LogP contribution in [0.5, 0.6) is 0 Å². The molecule has 0 bridgehead atoms. The number of carbonyl (C=O) groups excluding carboxylic acids is 1. The average molecular weight is 356 g/mol. The fraction of sp³-hybridized carbons (Fsp3) is 0.412. The molecule has 1 saturated heterocycles. The topological polar surface area (TPSA) is 79.7 Å². The molecule has 7 nitrogen and oxygen atoms in total. The number of aryl methyl sites for hydroxylation is 2. The summed E-state index contributed by atoms with van der Waals surface area (Å²) in [5, 5.41) is 11.2. The van der Waals surface area contributed by atoms with Crippen molar-refractivity contribution >= 4 is 17.2 Å². The summed E-state index contributed by atoms with van der Waals surface area (Å²) in [6.07, 6.45) is 5.57. The number of piperidine rings is 1. The molecule has 0 radical (unpaired) electrons. The van der Waals surface area contributed by atoms with Crippen molar-refractivity contribution in [3.63, 3.8) is 0 Å². The van der Waals surface area contributed by atoms with Crippen molar-refractivity contribution in [2.24, 2.45) is 7.05 Å². The zero-order valence-electron chi connectivity index (χ0n) is 14.3. The van der Waals surface area contributed by atoms with Gasteiger partial charge in [0.2, 0.25) is 0 Å². The van der Waals surface area contributed by atoms with E-state index in [-0.39, 0.29) is 11.8 Å². The molecule has 0 saturated carbocycles. The van der Waals surface area contributed by atoms with Crippen LogP contribution in [-0.4, -0.2) is 48.6 Å². The number of H-pyrrole nitrogens is 1. The largest absolute Gasteiger partial charge is 0.357 e. The lowest BCUT2D eigenvalue weighted by Crippen LogP contribution is -2.39. The Hall–Kier alpha value is -2.48. The number of nitrogens with zero attached hydrogens (tertiary/aromatic N) is 5. The summed E-state index contributed by atoms with van der Waals surface area (Å²) < 4.78 is 1.94. The van der Waals surface area contributed by atoms with Crippen molar-refractivity contribution in [2.45, 2.75) is 25.7 Å². The van der Waals surface area contributed by atoms with E-state index in [4.69, 9.17) is 0 Å². The van der Waals surface area contributed by atoms with E-state index in [0.29, 0.717) is 12.2 Å². The quantitative estimate of drug-likeness (QED) is 0.782. The van der Waals surface area contributed by atoms with Crippen molar-refractivity contribution in [1.29, 1.82) is 0 Å². The van der Waals surface area contributed by atoms with E-state index in [2.05, 4.69) is 20.2 Å². The van der Waals surface area contributed by atoms with Gasteiger partial charge in [-0.3, -0.25) is 4.79 Å². The summed E-state index contributed by atoms with van der Waals surface area (Å²) in [5.74, 6) is 1.22. The van der Waals surface area contributed by atoms with Crippen molar-refractivity contribution in [2.75, 3.05) is 13.1 Å². The Morgan fingerprint density at radius 1 is 1.44 bits per heavy atom. The van der Waals surface area contributed by atoms with Crippen molar-refractivity contribution in [1.82, 2.24) is 29.6 Å². The minimum absolute atomic E-state index is 0.0325. The number of amides is 1. The number of thiazole rings is 1. The normalized spacial score (nSPS) is 17.8. The van der Waals surface area contributed by atoms with Crippen LogP contribution in [0.3, 0.4) is 0 Å². The Bertz CT molecular complexity index is 894. The fourth-order valence-electron chi connectivity index (χ4n) is 3.37. The van der Waals surface area contributed by atoms with Crippen LogP contribution in [0.1, 0.15) is 40.1 Å². The lowest BCUT2D eigenvalue weighted by molar-refractivity contribution is 0.0698. The van der Waals surface area contributed by atoms with Gasteiger partial charge in [0.25, 0.3) is 5.91 Å². The van der Waals surface area contributed by atoms with Gasteiger partial charge in [0.1, 0.15) is 17.8 Å². The molecule has 0 spiro atoms. The molecule has 1 atom stereocenters. The minimum Gasteiger partial charge on any atom is -0.357 e. The first-order chi connectivity index (χ1) is 12.1. The van der Waals surface area contributed by atoms with E-state index in [1.807, 2.05) is 41.1 Å². The van der Waals surface area contributed by atoms with Gasteiger partial charge in [-0.1, -0.05) is 0 Å². The van der Waals surface area contributed by atoms with E-state index in [9.17, 15) is 4.79 Å². The zero-order chi connectivity index (χ0) is 17.4. The van der Waals surface area contributed by atoms with Crippen molar-refractivity contribution in [3.8, 4) is 11.3 Å². The number of carbonyl (C=O) groups is 1. The van der Waals surface area contributed by atoms with E-state index >= 15 is 0 Å². The third kappa shape index (κ3) is 3.09. The number of likely N-dealkylation sites (tertiary alicyclic amines) is 1. The first-order valence-electron chi connectivity index (χ1n) is 8.36. The summed E-state index contributed by atoms with van der Waals surface area (Å²) in [7, 11) is 1.95. The maximum atomic E-state index is 12.9. The van der Waals surface area contributed by atoms with Gasteiger partial charge in [-0.2, -0.15) is 0 Å². The minimum atomic E-state index is 0.0325. The maximum Gasteiger partial charge on any atom is 0.270 e. The molecule has 8 heteroatoms. The highest BCUT2D eigenvalue weighted by atomic mass is 32.1. The summed E-state index contributed by atoms with van der Waals surface area (Å²) in [5.41, 5.74) is 2.47. The van der Waals surface area contributed by atoms with E-state index < -0.39 is 0 Å². The third-order valence-electron chi connectivity index (χ3n) is 4.65. The highest BCUT2D eigenvalue weighted by molar-refractivity contribution is 7.09. The molecule has 1 N–H and O–H groups in total. The molecule has 1 fully saturated rings. The molecule has 25 heavy (non-hydrogen) atoms. The molecular formula is C17H20N6OS. The Balaban J connectivity index is 1.51. The zero-order valence-corrected chi connectivity index (χ0v) is 15.1. The highest BCUT2D eigenvalue weighted by Crippen LogP contribution is 2.27. The van der Waals surface area contributed by atoms with Gasteiger partial charge in [-0.15, -0.1) is 21.5 Å². The molecule has 1 aliphatic rings. The monoisotopic (exact) mass is 356 g/mol. The first kappa shape index (κ1) is 16.0. The van der Waals surface area contributed by atoms with Crippen LogP contribution in [0, 0.1) is 6.92 Å². The Morgan fingerprint density at radius 3 is 3.04 bits per heavy atom. The van der Waals surface area contributed by atoms with Gasteiger partial charge in [-0.05, 0) is 25.8 Å². The molecule has 0 aromatic carbocycles. The van der Waals surface area contributed by atoms with Crippen molar-refractivity contribution < 1.29 is 4.79 Å². The number of nitrogens with one attached hydrogen (secondary N) is 1. The predicted octanol–water partition coefficient (Wildman–Crippen LogP) is 2.59. The van der Waals surface area contributed by atoms with Gasteiger partial charge < -0.3 is 14.5 Å². The number of aromatic nitrogens is 5. The van der Waals surface area contributed by atoms with Crippen LogP contribution in [0.25, 0.3) is 11.3 Å². The molecule has 1 aliphatic heterocycles. The predicted molar refractivity (Wildman–Crippen MR) is 95.5 cm³/mol. The SMILES string of the molecule is Cc1nc(-c2c[nH]c(C(=O)N3CCCC(c4nncn4C)C3)c2)cs1. The molecule has 0 aliphatic carbocycles. The lowest BCUT2D eigenvalue weighted by atomic mass is 9.97. The number of rotatable bonds is 3. The van der Waals surface area contributed by atoms with Gasteiger partial charge in [0.05, 0.1) is 10.7 Å². The summed E-state index contributed by atoms with van der Waals surface area (Å²) in [4.78, 5) is 22.4. The van der Waals surface area contributed by atoms with Gasteiger partial charge in [-0.25, -0.2) is 4.98 Å². The third-order valence-corrected chi connectivity index (χ3v) is 5.42. The van der Waals surface area contributed by atoms with Crippen LogP contribution in [0.4, 0.5) is 0 Å². The fourth-order valence-corrected chi connectivity index (χ4v) is 3.99. The summed E-state index contributed by atoms with van der Waals surface area (Å²) in [6.45, 7) is 3.43. The Labute approximate surface area is 149 Å². The number of hydrogen-bond donors (Lipinski definition) is 1. The van der Waals surface area contributed by atoms with E-state index in [1.54, 1.807) is 17.7 Å². The van der Waals surface area contributed by atoms with Crippen LogP contribution in [-0.2, 0) is 7.05 Å². The van der Waals surface area contributed by atoms with Crippen LogP contribution < -0.4 is 0 Å². The number of hydrogen-bond acceptors (Lipinski definition) is 5. The molecule has 4 heterocycles. The molecule has 130 valence electrons.